The number of ether oxygens (including phenoxy) is 1. The zero-order chi connectivity index (χ0) is 8.81. The lowest BCUT2D eigenvalue weighted by molar-refractivity contribution is -0.117. The number of ketones is 1. The fourth-order valence-electron chi connectivity index (χ4n) is 1.38. The molecule has 12 heavy (non-hydrogen) atoms. The summed E-state index contributed by atoms with van der Waals surface area (Å²) in [7, 11) is 0. The third-order valence-corrected chi connectivity index (χ3v) is 2.11. The van der Waals surface area contributed by atoms with E-state index >= 15 is 0 Å². The Bertz CT molecular complexity index is 141. The van der Waals surface area contributed by atoms with E-state index in [2.05, 4.69) is 4.90 Å². The van der Waals surface area contributed by atoms with Crippen molar-refractivity contribution in [1.29, 1.82) is 0 Å². The van der Waals surface area contributed by atoms with Gasteiger partial charge in [0.15, 0.2) is 0 Å². The Morgan fingerprint density at radius 2 is 2.08 bits per heavy atom. The monoisotopic (exact) mass is 171 g/mol. The minimum Gasteiger partial charge on any atom is -0.379 e. The first-order valence-corrected chi connectivity index (χ1v) is 4.58. The second kappa shape index (κ2) is 5.27. The first-order valence-electron chi connectivity index (χ1n) is 4.58. The van der Waals surface area contributed by atoms with Gasteiger partial charge in [-0.1, -0.05) is 0 Å². The molecule has 70 valence electrons. The SMILES string of the molecule is CC(=O)CCCN1CCOCC1. The van der Waals surface area contributed by atoms with Crippen molar-refractivity contribution in [3.05, 3.63) is 0 Å². The lowest BCUT2D eigenvalue weighted by Gasteiger charge is -2.26. The number of morpholine rings is 1. The minimum absolute atomic E-state index is 0.295. The summed E-state index contributed by atoms with van der Waals surface area (Å²) in [6.45, 7) is 6.44. The maximum atomic E-state index is 10.6. The number of Topliss-reactive ketones (excluding diaryl/α,β-unsaturated/α-hetero) is 1. The fourth-order valence-corrected chi connectivity index (χ4v) is 1.38. The van der Waals surface area contributed by atoms with Gasteiger partial charge in [0.1, 0.15) is 5.78 Å². The summed E-state index contributed by atoms with van der Waals surface area (Å²) in [5.41, 5.74) is 0. The smallest absolute Gasteiger partial charge is 0.129 e. The molecular weight excluding hydrogens is 154 g/mol. The van der Waals surface area contributed by atoms with Crippen molar-refractivity contribution >= 4 is 5.78 Å². The zero-order valence-electron chi connectivity index (χ0n) is 7.71. The molecule has 1 aliphatic heterocycles. The summed E-state index contributed by atoms with van der Waals surface area (Å²) in [6.07, 6.45) is 1.71. The quantitative estimate of drug-likeness (QED) is 0.623. The Hall–Kier alpha value is -0.410. The molecule has 0 atom stereocenters. The fraction of sp³-hybridized carbons (Fsp3) is 0.889. The number of hydrogen-bond donors (Lipinski definition) is 0. The summed E-state index contributed by atoms with van der Waals surface area (Å²) < 4.78 is 5.22. The van der Waals surface area contributed by atoms with Gasteiger partial charge in [-0.2, -0.15) is 0 Å². The van der Waals surface area contributed by atoms with E-state index in [9.17, 15) is 4.79 Å². The van der Waals surface area contributed by atoms with Crippen LogP contribution in [0, 0.1) is 0 Å². The molecule has 1 aliphatic rings. The van der Waals surface area contributed by atoms with Gasteiger partial charge in [0.2, 0.25) is 0 Å². The molecule has 0 aliphatic carbocycles. The van der Waals surface area contributed by atoms with Crippen molar-refractivity contribution in [2.45, 2.75) is 19.8 Å². The van der Waals surface area contributed by atoms with Crippen LogP contribution in [-0.4, -0.2) is 43.5 Å². The number of rotatable bonds is 4. The van der Waals surface area contributed by atoms with Crippen LogP contribution < -0.4 is 0 Å². The molecule has 0 amide bonds. The van der Waals surface area contributed by atoms with Crippen LogP contribution in [0.2, 0.25) is 0 Å². The molecule has 0 saturated carbocycles. The van der Waals surface area contributed by atoms with Crippen molar-refractivity contribution in [3.8, 4) is 0 Å². The molecule has 0 bridgehead atoms. The van der Waals surface area contributed by atoms with Crippen LogP contribution in [0.25, 0.3) is 0 Å². The van der Waals surface area contributed by atoms with E-state index in [1.54, 1.807) is 6.92 Å². The molecule has 1 heterocycles. The van der Waals surface area contributed by atoms with Gasteiger partial charge in [0.25, 0.3) is 0 Å². The molecule has 3 heteroatoms. The van der Waals surface area contributed by atoms with E-state index in [1.807, 2.05) is 0 Å². The molecule has 0 unspecified atom stereocenters. The molecule has 0 N–H and O–H groups in total. The third-order valence-electron chi connectivity index (χ3n) is 2.11. The molecule has 0 aromatic rings. The summed E-state index contributed by atoms with van der Waals surface area (Å²) in [5, 5.41) is 0. The Morgan fingerprint density at radius 3 is 2.67 bits per heavy atom. The third kappa shape index (κ3) is 3.83. The van der Waals surface area contributed by atoms with Crippen molar-refractivity contribution < 1.29 is 9.53 Å². The molecular formula is C9H17NO2. The molecule has 3 nitrogen and oxygen atoms in total. The second-order valence-electron chi connectivity index (χ2n) is 3.26. The Kier molecular flexibility index (Phi) is 4.25. The van der Waals surface area contributed by atoms with Gasteiger partial charge in [-0.3, -0.25) is 4.90 Å². The molecule has 1 fully saturated rings. The maximum absolute atomic E-state index is 10.6. The standard InChI is InChI=1S/C9H17NO2/c1-9(11)3-2-4-10-5-7-12-8-6-10/h2-8H2,1H3. The Balaban J connectivity index is 2.01. The lowest BCUT2D eigenvalue weighted by atomic mass is 10.2. The van der Waals surface area contributed by atoms with Crippen LogP contribution in [0.3, 0.4) is 0 Å². The summed E-state index contributed by atoms with van der Waals surface area (Å²) in [4.78, 5) is 13.0. The van der Waals surface area contributed by atoms with Crippen LogP contribution >= 0.6 is 0 Å². The lowest BCUT2D eigenvalue weighted by Crippen LogP contribution is -2.36. The van der Waals surface area contributed by atoms with Crippen LogP contribution in [0.5, 0.6) is 0 Å². The van der Waals surface area contributed by atoms with Gasteiger partial charge >= 0.3 is 0 Å². The van der Waals surface area contributed by atoms with E-state index in [4.69, 9.17) is 4.74 Å². The van der Waals surface area contributed by atoms with Gasteiger partial charge in [-0.05, 0) is 19.9 Å². The first-order chi connectivity index (χ1) is 5.79. The maximum Gasteiger partial charge on any atom is 0.129 e. The highest BCUT2D eigenvalue weighted by Gasteiger charge is 2.09. The highest BCUT2D eigenvalue weighted by atomic mass is 16.5. The van der Waals surface area contributed by atoms with E-state index in [0.717, 1.165) is 45.7 Å². The van der Waals surface area contributed by atoms with Gasteiger partial charge in [0, 0.05) is 19.5 Å². The van der Waals surface area contributed by atoms with Crippen LogP contribution in [0.4, 0.5) is 0 Å². The summed E-state index contributed by atoms with van der Waals surface area (Å²) >= 11 is 0. The second-order valence-corrected chi connectivity index (χ2v) is 3.26. The Labute approximate surface area is 73.7 Å². The van der Waals surface area contributed by atoms with Gasteiger partial charge in [0.05, 0.1) is 13.2 Å². The number of carbonyl (C=O) groups excluding carboxylic acids is 1. The van der Waals surface area contributed by atoms with Crippen LogP contribution in [0.15, 0.2) is 0 Å². The number of carbonyl (C=O) groups is 1. The van der Waals surface area contributed by atoms with Gasteiger partial charge in [-0.25, -0.2) is 0 Å². The predicted molar refractivity (Wildman–Crippen MR) is 47.2 cm³/mol. The number of nitrogens with zero attached hydrogens (tertiary/aromatic N) is 1. The van der Waals surface area contributed by atoms with E-state index in [1.165, 1.54) is 0 Å². The first kappa shape index (κ1) is 9.68. The van der Waals surface area contributed by atoms with Crippen LogP contribution in [-0.2, 0) is 9.53 Å². The van der Waals surface area contributed by atoms with Crippen molar-refractivity contribution in [2.75, 3.05) is 32.8 Å². The molecule has 0 radical (unpaired) electrons. The van der Waals surface area contributed by atoms with Crippen molar-refractivity contribution in [2.24, 2.45) is 0 Å². The van der Waals surface area contributed by atoms with E-state index in [0.29, 0.717) is 5.78 Å². The molecule has 1 rings (SSSR count). The predicted octanol–water partition coefficient (Wildman–Crippen LogP) is 0.688. The summed E-state index contributed by atoms with van der Waals surface area (Å²) in [6, 6.07) is 0. The average Bonchev–Trinajstić information content (AvgIpc) is 2.05. The van der Waals surface area contributed by atoms with Gasteiger partial charge < -0.3 is 9.53 Å². The van der Waals surface area contributed by atoms with Gasteiger partial charge in [-0.15, -0.1) is 0 Å². The van der Waals surface area contributed by atoms with E-state index in [-0.39, 0.29) is 0 Å². The summed E-state index contributed by atoms with van der Waals surface area (Å²) in [5.74, 6) is 0.295. The highest BCUT2D eigenvalue weighted by Crippen LogP contribution is 2.00. The minimum atomic E-state index is 0.295. The highest BCUT2D eigenvalue weighted by molar-refractivity contribution is 5.75. The van der Waals surface area contributed by atoms with Crippen LogP contribution in [0.1, 0.15) is 19.8 Å². The number of hydrogen-bond acceptors (Lipinski definition) is 3. The average molecular weight is 171 g/mol. The topological polar surface area (TPSA) is 29.5 Å². The Morgan fingerprint density at radius 1 is 1.42 bits per heavy atom. The zero-order valence-corrected chi connectivity index (χ0v) is 7.71. The largest absolute Gasteiger partial charge is 0.379 e. The van der Waals surface area contributed by atoms with Crippen molar-refractivity contribution in [1.82, 2.24) is 4.90 Å². The molecule has 0 aromatic heterocycles. The van der Waals surface area contributed by atoms with E-state index < -0.39 is 0 Å². The van der Waals surface area contributed by atoms with Crippen molar-refractivity contribution in [3.63, 3.8) is 0 Å². The molecule has 0 spiro atoms. The molecule has 1 saturated heterocycles. The normalized spacial score (nSPS) is 19.4. The molecule has 0 aromatic carbocycles.